The summed E-state index contributed by atoms with van der Waals surface area (Å²) in [6.07, 6.45) is 6.71. The quantitative estimate of drug-likeness (QED) is 0.279. The van der Waals surface area contributed by atoms with Crippen LogP contribution < -0.4 is 0 Å². The monoisotopic (exact) mass is 612 g/mol. The zero-order valence-electron chi connectivity index (χ0n) is 26.0. The number of hydrogen-bond donors (Lipinski definition) is 0. The fourth-order valence-electron chi connectivity index (χ4n) is 7.41. The van der Waals surface area contributed by atoms with Crippen LogP contribution in [0.2, 0.25) is 0 Å². The Morgan fingerprint density at radius 1 is 0.810 bits per heavy atom. The van der Waals surface area contributed by atoms with E-state index in [-0.39, 0.29) is 24.1 Å². The van der Waals surface area contributed by atoms with Crippen molar-refractivity contribution in [2.75, 3.05) is 0 Å². The van der Waals surface area contributed by atoms with Crippen molar-refractivity contribution in [2.24, 2.45) is 41.4 Å². The third kappa shape index (κ3) is 6.99. The van der Waals surface area contributed by atoms with E-state index in [0.717, 1.165) is 48.3 Å². The summed E-state index contributed by atoms with van der Waals surface area (Å²) in [5.74, 6) is 1.12. The van der Waals surface area contributed by atoms with Gasteiger partial charge in [-0.25, -0.2) is 4.79 Å². The van der Waals surface area contributed by atoms with Crippen LogP contribution in [0.3, 0.4) is 0 Å². The minimum absolute atomic E-state index is 0.158. The van der Waals surface area contributed by atoms with Crippen LogP contribution in [0.1, 0.15) is 95.7 Å². The molecule has 0 unspecified atom stereocenters. The van der Waals surface area contributed by atoms with Crippen LogP contribution in [0.25, 0.3) is 5.76 Å². The topological polar surface area (TPSA) is 61.8 Å². The normalized spacial score (nSPS) is 33.6. The first-order valence-electron chi connectivity index (χ1n) is 16.0. The molecule has 2 saturated carbocycles. The Hall–Kier alpha value is -2.12. The van der Waals surface area contributed by atoms with Gasteiger partial charge in [0.2, 0.25) is 6.10 Å². The first-order chi connectivity index (χ1) is 20.1. The van der Waals surface area contributed by atoms with Gasteiger partial charge in [0.15, 0.2) is 0 Å². The second-order valence-corrected chi connectivity index (χ2v) is 15.6. The van der Waals surface area contributed by atoms with Gasteiger partial charge >= 0.3 is 11.9 Å². The maximum atomic E-state index is 14.3. The lowest BCUT2D eigenvalue weighted by atomic mass is 9.75. The second-order valence-electron chi connectivity index (χ2n) is 13.7. The van der Waals surface area contributed by atoms with E-state index >= 15 is 0 Å². The molecule has 42 heavy (non-hydrogen) atoms. The van der Waals surface area contributed by atoms with E-state index in [4.69, 9.17) is 14.2 Å². The maximum absolute atomic E-state index is 14.3. The highest BCUT2D eigenvalue weighted by Crippen LogP contribution is 2.45. The van der Waals surface area contributed by atoms with Gasteiger partial charge in [-0.2, -0.15) is 0 Å². The van der Waals surface area contributed by atoms with Gasteiger partial charge in [0, 0.05) is 10.8 Å². The van der Waals surface area contributed by atoms with E-state index in [1.165, 1.54) is 0 Å². The number of hydrogen-bond acceptors (Lipinski definition) is 7. The summed E-state index contributed by atoms with van der Waals surface area (Å²) >= 11 is 3.17. The summed E-state index contributed by atoms with van der Waals surface area (Å²) in [7, 11) is 0. The molecule has 2 fully saturated rings. The van der Waals surface area contributed by atoms with Gasteiger partial charge in [0.05, 0.1) is 4.88 Å². The Bertz CT molecular complexity index is 1200. The van der Waals surface area contributed by atoms with E-state index < -0.39 is 18.0 Å². The first kappa shape index (κ1) is 31.3. The molecule has 1 aliphatic heterocycles. The third-order valence-electron chi connectivity index (χ3n) is 9.90. The number of ether oxygens (including phenoxy) is 3. The average molecular weight is 613 g/mol. The number of carbonyl (C=O) groups excluding carboxylic acids is 2. The molecular formula is C35H48O5S2. The van der Waals surface area contributed by atoms with Crippen molar-refractivity contribution in [1.29, 1.82) is 0 Å². The first-order valence-corrected chi connectivity index (χ1v) is 17.7. The molecule has 2 aromatic heterocycles. The van der Waals surface area contributed by atoms with E-state index in [9.17, 15) is 9.59 Å². The highest BCUT2D eigenvalue weighted by Gasteiger charge is 2.49. The second kappa shape index (κ2) is 13.7. The molecule has 0 bridgehead atoms. The number of allylic oxidation sites excluding steroid dienone is 1. The van der Waals surface area contributed by atoms with Crippen LogP contribution in [0.5, 0.6) is 0 Å². The highest BCUT2D eigenvalue weighted by molar-refractivity contribution is 7.11. The number of rotatable bonds is 8. The van der Waals surface area contributed by atoms with Crippen molar-refractivity contribution in [3.05, 3.63) is 50.9 Å². The molecule has 5 rings (SSSR count). The van der Waals surface area contributed by atoms with Crippen LogP contribution in [0.4, 0.5) is 0 Å². The van der Waals surface area contributed by atoms with E-state index in [0.29, 0.717) is 41.3 Å². The van der Waals surface area contributed by atoms with Crippen molar-refractivity contribution in [1.82, 2.24) is 0 Å². The maximum Gasteiger partial charge on any atom is 0.348 e. The fourth-order valence-corrected chi connectivity index (χ4v) is 8.95. The lowest BCUT2D eigenvalue weighted by Crippen LogP contribution is -2.48. The predicted octanol–water partition coefficient (Wildman–Crippen LogP) is 8.96. The summed E-state index contributed by atoms with van der Waals surface area (Å²) in [5.41, 5.74) is 0. The third-order valence-corrected chi connectivity index (χ3v) is 11.8. The fraction of sp³-hybridized carbons (Fsp3) is 0.657. The van der Waals surface area contributed by atoms with Crippen molar-refractivity contribution in [2.45, 2.75) is 104 Å². The molecule has 0 amide bonds. The van der Waals surface area contributed by atoms with E-state index in [2.05, 4.69) is 41.5 Å². The van der Waals surface area contributed by atoms with Gasteiger partial charge in [-0.1, -0.05) is 66.5 Å². The van der Waals surface area contributed by atoms with Crippen molar-refractivity contribution < 1.29 is 23.8 Å². The summed E-state index contributed by atoms with van der Waals surface area (Å²) in [6.45, 7) is 13.3. The molecule has 2 aromatic rings. The Balaban J connectivity index is 1.49. The average Bonchev–Trinajstić information content (AvgIpc) is 3.67. The lowest BCUT2D eigenvalue weighted by Gasteiger charge is -2.41. The number of thiophene rings is 2. The summed E-state index contributed by atoms with van der Waals surface area (Å²) in [5, 5.41) is 4.02. The zero-order valence-corrected chi connectivity index (χ0v) is 27.6. The minimum Gasteiger partial charge on any atom is -0.477 e. The van der Waals surface area contributed by atoms with Crippen molar-refractivity contribution >= 4 is 40.4 Å². The van der Waals surface area contributed by atoms with Gasteiger partial charge in [-0.15, -0.1) is 22.7 Å². The molecule has 7 heteroatoms. The van der Waals surface area contributed by atoms with Crippen LogP contribution >= 0.6 is 22.7 Å². The molecule has 0 saturated heterocycles. The van der Waals surface area contributed by atoms with Gasteiger partial charge in [-0.3, -0.25) is 4.79 Å². The smallest absolute Gasteiger partial charge is 0.348 e. The molecule has 3 heterocycles. The Labute approximate surface area is 260 Å². The van der Waals surface area contributed by atoms with Crippen LogP contribution in [0.15, 0.2) is 41.1 Å². The molecule has 5 nitrogen and oxygen atoms in total. The molecule has 0 N–H and O–H groups in total. The number of esters is 2. The molecular weight excluding hydrogens is 565 g/mol. The Kier molecular flexibility index (Phi) is 10.2. The van der Waals surface area contributed by atoms with Gasteiger partial charge in [0.25, 0.3) is 0 Å². The molecule has 0 aromatic carbocycles. The lowest BCUT2D eigenvalue weighted by molar-refractivity contribution is -0.180. The largest absolute Gasteiger partial charge is 0.477 e. The molecule has 0 spiro atoms. The molecule has 230 valence electrons. The summed E-state index contributed by atoms with van der Waals surface area (Å²) < 4.78 is 19.3. The number of carbonyl (C=O) groups is 2. The highest BCUT2D eigenvalue weighted by atomic mass is 32.1. The van der Waals surface area contributed by atoms with E-state index in [1.807, 2.05) is 41.1 Å². The van der Waals surface area contributed by atoms with Crippen LogP contribution in [0, 0.1) is 41.4 Å². The van der Waals surface area contributed by atoms with Crippen LogP contribution in [-0.4, -0.2) is 30.3 Å². The molecule has 2 aliphatic carbocycles. The Morgan fingerprint density at radius 3 is 1.90 bits per heavy atom. The van der Waals surface area contributed by atoms with E-state index in [1.54, 1.807) is 22.7 Å². The van der Waals surface area contributed by atoms with Crippen molar-refractivity contribution in [3.8, 4) is 0 Å². The van der Waals surface area contributed by atoms with Crippen LogP contribution in [-0.2, 0) is 23.8 Å². The standard InChI is InChI=1S/C35H48O5S2/c1-20(2)24-13-11-22(5)17-27(24)39-34(36)32-26(30-9-7-15-41-30)19-29(31-10-8-16-42-31)38-33(32)35(37)40-28-18-23(6)12-14-25(28)21(3)4/h7-10,15-16,19-28,32-33H,11-14,17-18H2,1-6H3/t22-,23-,24+,25+,26-,27-,28-,32+,33-/m1/s1. The molecule has 0 radical (unpaired) electrons. The Morgan fingerprint density at radius 2 is 1.38 bits per heavy atom. The van der Waals surface area contributed by atoms with Gasteiger partial charge < -0.3 is 14.2 Å². The van der Waals surface area contributed by atoms with Crippen molar-refractivity contribution in [3.63, 3.8) is 0 Å². The minimum atomic E-state index is -1.07. The zero-order chi connectivity index (χ0) is 30.0. The SMILES string of the molecule is CC(C)[C@@H]1CC[C@@H](C)C[C@H]1OC(=O)[C@H]1[C@@H](c2cccs2)C=C(c2cccs2)O[C@H]1C(=O)O[C@@H]1C[C@H](C)CC[C@H]1C(C)C. The molecule has 3 aliphatic rings. The summed E-state index contributed by atoms with van der Waals surface area (Å²) in [4.78, 5) is 30.5. The van der Waals surface area contributed by atoms with Gasteiger partial charge in [0.1, 0.15) is 23.9 Å². The predicted molar refractivity (Wildman–Crippen MR) is 170 cm³/mol. The van der Waals surface area contributed by atoms with Gasteiger partial charge in [-0.05, 0) is 90.2 Å². The summed E-state index contributed by atoms with van der Waals surface area (Å²) in [6, 6.07) is 8.02. The molecule has 9 atom stereocenters.